The molecule has 1 unspecified atom stereocenters. The second-order valence-electron chi connectivity index (χ2n) is 8.54. The van der Waals surface area contributed by atoms with Crippen molar-refractivity contribution in [2.45, 2.75) is 77.0 Å². The zero-order valence-electron chi connectivity index (χ0n) is 18.0. The van der Waals surface area contributed by atoms with Gasteiger partial charge >= 0.3 is 5.97 Å². The second kappa shape index (κ2) is 11.2. The number of carbonyl (C=O) groups excluding carboxylic acids is 2. The number of amides is 1. The maximum atomic E-state index is 12.4. The van der Waals surface area contributed by atoms with Crippen LogP contribution < -0.4 is 4.90 Å². The molecule has 0 aromatic carbocycles. The van der Waals surface area contributed by atoms with Crippen molar-refractivity contribution in [2.75, 3.05) is 18.6 Å². The van der Waals surface area contributed by atoms with E-state index in [1.54, 1.807) is 4.90 Å². The van der Waals surface area contributed by atoms with Crippen LogP contribution in [0.1, 0.15) is 86.7 Å². The summed E-state index contributed by atoms with van der Waals surface area (Å²) in [6, 6.07) is 1.82. The summed E-state index contributed by atoms with van der Waals surface area (Å²) in [6.07, 6.45) is 10.7. The number of methoxy groups -OCH3 is 1. The third kappa shape index (κ3) is 7.46. The molecule has 3 rings (SSSR count). The summed E-state index contributed by atoms with van der Waals surface area (Å²) >= 11 is 4.67. The number of alkyl halides is 1. The van der Waals surface area contributed by atoms with E-state index in [0.29, 0.717) is 17.1 Å². The molecule has 1 aliphatic carbocycles. The fraction of sp³-hybridized carbons (Fsp3) is 0.652. The molecule has 0 radical (unpaired) electrons. The van der Waals surface area contributed by atoms with Crippen LogP contribution in [0.25, 0.3) is 0 Å². The van der Waals surface area contributed by atoms with E-state index < -0.39 is 5.97 Å². The number of halogens is 1. The van der Waals surface area contributed by atoms with Gasteiger partial charge in [-0.2, -0.15) is 0 Å². The largest absolute Gasteiger partial charge is 0.465 e. The van der Waals surface area contributed by atoms with Gasteiger partial charge in [-0.25, -0.2) is 4.79 Å². The topological polar surface area (TPSA) is 46.6 Å². The van der Waals surface area contributed by atoms with Gasteiger partial charge in [0.25, 0.3) is 0 Å². The Morgan fingerprint density at radius 3 is 2.28 bits per heavy atom. The lowest BCUT2D eigenvalue weighted by molar-refractivity contribution is -0.118. The SMILES string of the molecule is C1CCCCC1.COC(=O)c1sc(C#CC(C)(C)C)cc1N1CCCC(Br)C1=O. The first-order valence-corrected chi connectivity index (χ1v) is 12.2. The molecule has 2 aliphatic rings. The molecule has 0 N–H and O–H groups in total. The fourth-order valence-electron chi connectivity index (χ4n) is 3.26. The number of piperidine rings is 1. The average molecular weight is 482 g/mol. The van der Waals surface area contributed by atoms with Crippen LogP contribution in [-0.4, -0.2) is 30.4 Å². The first-order valence-electron chi connectivity index (χ1n) is 10.4. The number of carbonyl (C=O) groups is 2. The molecule has 1 saturated heterocycles. The highest BCUT2D eigenvalue weighted by Crippen LogP contribution is 2.34. The van der Waals surface area contributed by atoms with E-state index >= 15 is 0 Å². The zero-order chi connectivity index (χ0) is 21.4. The molecule has 1 atom stereocenters. The van der Waals surface area contributed by atoms with Gasteiger partial charge in [-0.15, -0.1) is 11.3 Å². The number of esters is 1. The highest BCUT2D eigenvalue weighted by molar-refractivity contribution is 9.10. The molecule has 0 bridgehead atoms. The number of anilines is 1. The van der Waals surface area contributed by atoms with Crippen molar-refractivity contribution < 1.29 is 14.3 Å². The molecule has 0 spiro atoms. The van der Waals surface area contributed by atoms with E-state index in [4.69, 9.17) is 4.74 Å². The number of nitrogens with zero attached hydrogens (tertiary/aromatic N) is 1. The number of ether oxygens (including phenoxy) is 1. The summed E-state index contributed by atoms with van der Waals surface area (Å²) in [5.41, 5.74) is 0.478. The normalized spacial score (nSPS) is 19.6. The molecule has 1 aliphatic heterocycles. The van der Waals surface area contributed by atoms with Crippen molar-refractivity contribution in [3.8, 4) is 11.8 Å². The van der Waals surface area contributed by atoms with Crippen LogP contribution in [0.4, 0.5) is 5.69 Å². The Kier molecular flexibility index (Phi) is 9.23. The summed E-state index contributed by atoms with van der Waals surface area (Å²) in [4.78, 5) is 27.1. The highest BCUT2D eigenvalue weighted by Gasteiger charge is 2.31. The van der Waals surface area contributed by atoms with Gasteiger partial charge in [0.05, 0.1) is 22.5 Å². The molecule has 29 heavy (non-hydrogen) atoms. The molecule has 6 heteroatoms. The summed E-state index contributed by atoms with van der Waals surface area (Å²) in [7, 11) is 1.34. The van der Waals surface area contributed by atoms with Crippen molar-refractivity contribution in [1.29, 1.82) is 0 Å². The van der Waals surface area contributed by atoms with Gasteiger partial charge in [-0.1, -0.05) is 66.3 Å². The van der Waals surface area contributed by atoms with Crippen molar-refractivity contribution >= 4 is 44.8 Å². The third-order valence-corrected chi connectivity index (χ3v) is 6.68. The first kappa shape index (κ1) is 24.0. The Morgan fingerprint density at radius 2 is 1.76 bits per heavy atom. The lowest BCUT2D eigenvalue weighted by atomic mass is 9.98. The minimum absolute atomic E-state index is 0.0190. The monoisotopic (exact) mass is 481 g/mol. The van der Waals surface area contributed by atoms with E-state index in [-0.39, 0.29) is 16.1 Å². The van der Waals surface area contributed by atoms with Crippen LogP contribution in [-0.2, 0) is 9.53 Å². The molecule has 160 valence electrons. The molecule has 1 saturated carbocycles. The van der Waals surface area contributed by atoms with Gasteiger partial charge in [0.2, 0.25) is 5.91 Å². The van der Waals surface area contributed by atoms with Crippen LogP contribution in [0.3, 0.4) is 0 Å². The maximum absolute atomic E-state index is 12.4. The van der Waals surface area contributed by atoms with E-state index in [0.717, 1.165) is 17.7 Å². The lowest BCUT2D eigenvalue weighted by Gasteiger charge is -2.29. The van der Waals surface area contributed by atoms with Crippen molar-refractivity contribution in [3.05, 3.63) is 15.8 Å². The Morgan fingerprint density at radius 1 is 1.17 bits per heavy atom. The van der Waals surface area contributed by atoms with Gasteiger partial charge in [-0.05, 0) is 39.7 Å². The second-order valence-corrected chi connectivity index (χ2v) is 10.7. The van der Waals surface area contributed by atoms with Gasteiger partial charge in [-0.3, -0.25) is 4.79 Å². The van der Waals surface area contributed by atoms with Crippen LogP contribution in [0.15, 0.2) is 6.07 Å². The molecular formula is C23H32BrNO3S. The number of hydrogen-bond acceptors (Lipinski definition) is 4. The van der Waals surface area contributed by atoms with Crippen LogP contribution >= 0.6 is 27.3 Å². The van der Waals surface area contributed by atoms with Crippen LogP contribution in [0.5, 0.6) is 0 Å². The molecular weight excluding hydrogens is 450 g/mol. The summed E-state index contributed by atoms with van der Waals surface area (Å²) in [6.45, 7) is 6.69. The quantitative estimate of drug-likeness (QED) is 0.288. The summed E-state index contributed by atoms with van der Waals surface area (Å²) in [5.74, 6) is 5.80. The molecule has 2 heterocycles. The van der Waals surface area contributed by atoms with Crippen molar-refractivity contribution in [1.82, 2.24) is 0 Å². The smallest absolute Gasteiger partial charge is 0.350 e. The van der Waals surface area contributed by atoms with Gasteiger partial charge in [0, 0.05) is 12.0 Å². The first-order chi connectivity index (χ1) is 13.7. The maximum Gasteiger partial charge on any atom is 0.350 e. The number of thiophene rings is 1. The Balaban J connectivity index is 0.000000426. The van der Waals surface area contributed by atoms with Crippen LogP contribution in [0.2, 0.25) is 0 Å². The third-order valence-electron chi connectivity index (χ3n) is 4.81. The van der Waals surface area contributed by atoms with E-state index in [2.05, 4.69) is 27.8 Å². The number of rotatable bonds is 2. The van der Waals surface area contributed by atoms with Gasteiger partial charge < -0.3 is 9.64 Å². The molecule has 1 aromatic heterocycles. The average Bonchev–Trinajstić information content (AvgIpc) is 3.13. The molecule has 1 amide bonds. The predicted molar refractivity (Wildman–Crippen MR) is 124 cm³/mol. The Bertz CT molecular complexity index is 754. The van der Waals surface area contributed by atoms with E-state index in [1.807, 2.05) is 26.8 Å². The molecule has 2 fully saturated rings. The van der Waals surface area contributed by atoms with Crippen molar-refractivity contribution in [2.24, 2.45) is 5.41 Å². The summed E-state index contributed by atoms with van der Waals surface area (Å²) in [5, 5.41) is 0. The Hall–Kier alpha value is -1.32. The Labute approximate surface area is 187 Å². The lowest BCUT2D eigenvalue weighted by Crippen LogP contribution is -2.42. The molecule has 4 nitrogen and oxygen atoms in total. The van der Waals surface area contributed by atoms with Gasteiger partial charge in [0.15, 0.2) is 0 Å². The minimum Gasteiger partial charge on any atom is -0.465 e. The predicted octanol–water partition coefficient (Wildman–Crippen LogP) is 6.16. The fourth-order valence-corrected chi connectivity index (χ4v) is 4.77. The van der Waals surface area contributed by atoms with E-state index in [1.165, 1.54) is 57.0 Å². The summed E-state index contributed by atoms with van der Waals surface area (Å²) < 4.78 is 4.86. The van der Waals surface area contributed by atoms with Gasteiger partial charge in [0.1, 0.15) is 4.88 Å². The zero-order valence-corrected chi connectivity index (χ0v) is 20.4. The van der Waals surface area contributed by atoms with Crippen LogP contribution in [0, 0.1) is 17.3 Å². The van der Waals surface area contributed by atoms with E-state index in [9.17, 15) is 9.59 Å². The standard InChI is InChI=1S/C17H20BrNO3S.C6H12/c1-17(2,3)8-7-11-10-13(14(23-11)16(21)22-4)19-9-5-6-12(18)15(19)20;1-2-4-6-5-3-1/h10,12H,5-6,9H2,1-4H3;1-6H2. The highest BCUT2D eigenvalue weighted by atomic mass is 79.9. The minimum atomic E-state index is -0.432. The van der Waals surface area contributed by atoms with Crippen molar-refractivity contribution in [3.63, 3.8) is 0 Å². The molecule has 1 aromatic rings. The number of hydrogen-bond donors (Lipinski definition) is 0.